The fraction of sp³-hybridized carbons (Fsp3) is 0.500. The van der Waals surface area contributed by atoms with E-state index in [1.807, 2.05) is 11.8 Å². The molecule has 1 aromatic carbocycles. The third-order valence-electron chi connectivity index (χ3n) is 2.94. The highest BCUT2D eigenvalue weighted by Crippen LogP contribution is 2.16. The SMILES string of the molecule is CC1CN(Cc2cc(F)c(F)cc2F)CCN1.Cl. The number of nitrogens with zero attached hydrogens (tertiary/aromatic N) is 1. The van der Waals surface area contributed by atoms with Crippen molar-refractivity contribution in [3.05, 3.63) is 35.1 Å². The molecule has 102 valence electrons. The van der Waals surface area contributed by atoms with E-state index in [4.69, 9.17) is 0 Å². The zero-order chi connectivity index (χ0) is 12.4. The smallest absolute Gasteiger partial charge is 0.161 e. The summed E-state index contributed by atoms with van der Waals surface area (Å²) < 4.78 is 39.2. The third kappa shape index (κ3) is 3.60. The Labute approximate surface area is 111 Å². The van der Waals surface area contributed by atoms with E-state index in [1.54, 1.807) is 0 Å². The van der Waals surface area contributed by atoms with Crippen molar-refractivity contribution in [3.63, 3.8) is 0 Å². The molecule has 1 saturated heterocycles. The highest BCUT2D eigenvalue weighted by molar-refractivity contribution is 5.85. The Morgan fingerprint density at radius 1 is 1.22 bits per heavy atom. The van der Waals surface area contributed by atoms with E-state index < -0.39 is 17.5 Å². The van der Waals surface area contributed by atoms with Crippen molar-refractivity contribution < 1.29 is 13.2 Å². The minimum atomic E-state index is -1.14. The second-order valence-electron chi connectivity index (χ2n) is 4.45. The Kier molecular flexibility index (Phi) is 5.44. The van der Waals surface area contributed by atoms with Crippen LogP contribution in [-0.4, -0.2) is 30.6 Å². The highest BCUT2D eigenvalue weighted by atomic mass is 35.5. The molecule has 1 fully saturated rings. The number of halogens is 4. The van der Waals surface area contributed by atoms with Gasteiger partial charge in [0.25, 0.3) is 0 Å². The van der Waals surface area contributed by atoms with Crippen molar-refractivity contribution in [2.75, 3.05) is 19.6 Å². The van der Waals surface area contributed by atoms with Gasteiger partial charge in [0.15, 0.2) is 11.6 Å². The van der Waals surface area contributed by atoms with Gasteiger partial charge in [0.1, 0.15) is 5.82 Å². The summed E-state index contributed by atoms with van der Waals surface area (Å²) in [6, 6.07) is 1.88. The number of benzene rings is 1. The van der Waals surface area contributed by atoms with E-state index in [0.29, 0.717) is 18.7 Å². The van der Waals surface area contributed by atoms with Crippen molar-refractivity contribution in [2.45, 2.75) is 19.5 Å². The number of nitrogens with one attached hydrogen (secondary N) is 1. The fourth-order valence-electron chi connectivity index (χ4n) is 2.08. The summed E-state index contributed by atoms with van der Waals surface area (Å²) in [6.07, 6.45) is 0. The molecule has 1 aliphatic heterocycles. The van der Waals surface area contributed by atoms with Gasteiger partial charge in [-0.2, -0.15) is 0 Å². The summed E-state index contributed by atoms with van der Waals surface area (Å²) in [5.74, 6) is -2.82. The van der Waals surface area contributed by atoms with Gasteiger partial charge in [-0.15, -0.1) is 12.4 Å². The molecule has 1 aliphatic rings. The monoisotopic (exact) mass is 280 g/mol. The van der Waals surface area contributed by atoms with Crippen LogP contribution >= 0.6 is 12.4 Å². The van der Waals surface area contributed by atoms with E-state index >= 15 is 0 Å². The molecule has 6 heteroatoms. The maximum atomic E-state index is 13.4. The minimum Gasteiger partial charge on any atom is -0.312 e. The van der Waals surface area contributed by atoms with Crippen LogP contribution in [0.25, 0.3) is 0 Å². The van der Waals surface area contributed by atoms with Gasteiger partial charge in [0, 0.05) is 43.9 Å². The van der Waals surface area contributed by atoms with Crippen LogP contribution in [0.3, 0.4) is 0 Å². The lowest BCUT2D eigenvalue weighted by Gasteiger charge is -2.31. The molecular weight excluding hydrogens is 265 g/mol. The van der Waals surface area contributed by atoms with Crippen LogP contribution in [0.5, 0.6) is 0 Å². The van der Waals surface area contributed by atoms with Gasteiger partial charge in [-0.3, -0.25) is 4.90 Å². The van der Waals surface area contributed by atoms with Crippen LogP contribution in [0, 0.1) is 17.5 Å². The van der Waals surface area contributed by atoms with Gasteiger partial charge in [0.2, 0.25) is 0 Å². The Morgan fingerprint density at radius 2 is 1.89 bits per heavy atom. The molecule has 0 aromatic heterocycles. The normalized spacial score (nSPS) is 20.6. The van der Waals surface area contributed by atoms with Crippen molar-refractivity contribution in [2.24, 2.45) is 0 Å². The molecule has 0 aliphatic carbocycles. The van der Waals surface area contributed by atoms with Gasteiger partial charge < -0.3 is 5.32 Å². The first-order valence-electron chi connectivity index (χ1n) is 5.65. The molecule has 1 aromatic rings. The molecule has 0 bridgehead atoms. The van der Waals surface area contributed by atoms with E-state index in [0.717, 1.165) is 25.7 Å². The van der Waals surface area contributed by atoms with Gasteiger partial charge in [-0.1, -0.05) is 0 Å². The highest BCUT2D eigenvalue weighted by Gasteiger charge is 2.18. The summed E-state index contributed by atoms with van der Waals surface area (Å²) in [4.78, 5) is 2.02. The zero-order valence-electron chi connectivity index (χ0n) is 10.0. The standard InChI is InChI=1S/C12H15F3N2.ClH/c1-8-6-17(3-2-16-8)7-9-4-11(14)12(15)5-10(9)13;/h4-5,8,16H,2-3,6-7H2,1H3;1H. The molecule has 2 rings (SSSR count). The number of hydrogen-bond acceptors (Lipinski definition) is 2. The molecule has 18 heavy (non-hydrogen) atoms. The second-order valence-corrected chi connectivity index (χ2v) is 4.45. The zero-order valence-corrected chi connectivity index (χ0v) is 10.9. The summed E-state index contributed by atoms with van der Waals surface area (Å²) in [5, 5.41) is 3.26. The summed E-state index contributed by atoms with van der Waals surface area (Å²) in [7, 11) is 0. The topological polar surface area (TPSA) is 15.3 Å². The van der Waals surface area contributed by atoms with Crippen LogP contribution in [0.1, 0.15) is 12.5 Å². The van der Waals surface area contributed by atoms with Crippen LogP contribution in [0.15, 0.2) is 12.1 Å². The van der Waals surface area contributed by atoms with Gasteiger partial charge in [0.05, 0.1) is 0 Å². The van der Waals surface area contributed by atoms with E-state index in [1.165, 1.54) is 0 Å². The number of piperazine rings is 1. The molecule has 1 unspecified atom stereocenters. The molecule has 0 saturated carbocycles. The van der Waals surface area contributed by atoms with Crippen molar-refractivity contribution >= 4 is 12.4 Å². The number of rotatable bonds is 2. The van der Waals surface area contributed by atoms with Crippen molar-refractivity contribution in [1.29, 1.82) is 0 Å². The predicted octanol–water partition coefficient (Wildman–Crippen LogP) is 2.32. The Morgan fingerprint density at radius 3 is 2.56 bits per heavy atom. The Bertz CT molecular complexity index is 415. The second kappa shape index (κ2) is 6.41. The van der Waals surface area contributed by atoms with Gasteiger partial charge >= 0.3 is 0 Å². The Hall–Kier alpha value is -0.780. The Balaban J connectivity index is 0.00000162. The lowest BCUT2D eigenvalue weighted by atomic mass is 10.1. The maximum Gasteiger partial charge on any atom is 0.161 e. The molecule has 0 radical (unpaired) electrons. The summed E-state index contributed by atoms with van der Waals surface area (Å²) >= 11 is 0. The fourth-order valence-corrected chi connectivity index (χ4v) is 2.08. The van der Waals surface area contributed by atoms with E-state index in [2.05, 4.69) is 5.32 Å². The first kappa shape index (κ1) is 15.3. The molecule has 0 spiro atoms. The maximum absolute atomic E-state index is 13.4. The molecule has 1 atom stereocenters. The predicted molar refractivity (Wildman–Crippen MR) is 66.3 cm³/mol. The summed E-state index contributed by atoms with van der Waals surface area (Å²) in [5.41, 5.74) is 0.206. The lowest BCUT2D eigenvalue weighted by molar-refractivity contribution is 0.197. The van der Waals surface area contributed by atoms with Gasteiger partial charge in [-0.25, -0.2) is 13.2 Å². The van der Waals surface area contributed by atoms with Crippen molar-refractivity contribution in [1.82, 2.24) is 10.2 Å². The minimum absolute atomic E-state index is 0. The van der Waals surface area contributed by atoms with E-state index in [9.17, 15) is 13.2 Å². The van der Waals surface area contributed by atoms with Crippen molar-refractivity contribution in [3.8, 4) is 0 Å². The average molecular weight is 281 g/mol. The van der Waals surface area contributed by atoms with Crippen LogP contribution < -0.4 is 5.32 Å². The lowest BCUT2D eigenvalue weighted by Crippen LogP contribution is -2.48. The summed E-state index contributed by atoms with van der Waals surface area (Å²) in [6.45, 7) is 4.73. The van der Waals surface area contributed by atoms with Crippen LogP contribution in [0.2, 0.25) is 0 Å². The third-order valence-corrected chi connectivity index (χ3v) is 2.94. The number of hydrogen-bond donors (Lipinski definition) is 1. The van der Waals surface area contributed by atoms with Crippen LogP contribution in [-0.2, 0) is 6.54 Å². The quantitative estimate of drug-likeness (QED) is 0.837. The first-order valence-corrected chi connectivity index (χ1v) is 5.65. The molecule has 2 nitrogen and oxygen atoms in total. The molecule has 0 amide bonds. The molecule has 1 N–H and O–H groups in total. The largest absolute Gasteiger partial charge is 0.312 e. The van der Waals surface area contributed by atoms with E-state index in [-0.39, 0.29) is 18.0 Å². The van der Waals surface area contributed by atoms with Gasteiger partial charge in [-0.05, 0) is 13.0 Å². The average Bonchev–Trinajstić information content (AvgIpc) is 2.26. The molecular formula is C12H16ClF3N2. The van der Waals surface area contributed by atoms with Crippen LogP contribution in [0.4, 0.5) is 13.2 Å². The first-order chi connectivity index (χ1) is 8.06. The molecule has 1 heterocycles.